The molecule has 146 valence electrons. The Morgan fingerprint density at radius 1 is 1.11 bits per heavy atom. The highest BCUT2D eigenvalue weighted by Gasteiger charge is 2.33. The van der Waals surface area contributed by atoms with Crippen LogP contribution in [0, 0.1) is 0 Å². The van der Waals surface area contributed by atoms with Gasteiger partial charge >= 0.3 is 12.2 Å². The third-order valence-electron chi connectivity index (χ3n) is 4.20. The number of halogens is 3. The maximum atomic E-state index is 13.1. The number of nitrogens with zero attached hydrogens (tertiary/aromatic N) is 1. The molecule has 2 aromatic carbocycles. The number of aromatic amines is 1. The number of alkyl halides is 3. The lowest BCUT2D eigenvalue weighted by Gasteiger charge is -2.17. The Labute approximate surface area is 160 Å². The molecule has 28 heavy (non-hydrogen) atoms. The normalized spacial score (nSPS) is 12.4. The molecule has 1 unspecified atom stereocenters. The van der Waals surface area contributed by atoms with Crippen LogP contribution in [0.15, 0.2) is 60.8 Å². The lowest BCUT2D eigenvalue weighted by molar-refractivity contribution is -0.136. The second-order valence-electron chi connectivity index (χ2n) is 6.15. The third-order valence-corrected chi connectivity index (χ3v) is 4.20. The minimum absolute atomic E-state index is 0.299. The van der Waals surface area contributed by atoms with E-state index in [-0.39, 0.29) is 5.69 Å². The molecule has 0 spiro atoms. The zero-order chi connectivity index (χ0) is 20.1. The first-order valence-electron chi connectivity index (χ1n) is 8.72. The molecule has 0 radical (unpaired) electrons. The van der Waals surface area contributed by atoms with Crippen molar-refractivity contribution in [1.82, 2.24) is 15.3 Å². The summed E-state index contributed by atoms with van der Waals surface area (Å²) < 4.78 is 39.2. The number of hydrogen-bond acceptors (Lipinski definition) is 2. The summed E-state index contributed by atoms with van der Waals surface area (Å²) in [7, 11) is 0. The van der Waals surface area contributed by atoms with E-state index < -0.39 is 23.8 Å². The van der Waals surface area contributed by atoms with E-state index in [0.717, 1.165) is 17.3 Å². The van der Waals surface area contributed by atoms with Crippen LogP contribution in [0.3, 0.4) is 0 Å². The Morgan fingerprint density at radius 2 is 1.79 bits per heavy atom. The fraction of sp³-hybridized carbons (Fsp3) is 0.200. The molecule has 1 atom stereocenters. The Hall–Kier alpha value is -3.29. The van der Waals surface area contributed by atoms with Crippen LogP contribution in [0.1, 0.15) is 30.8 Å². The van der Waals surface area contributed by atoms with Gasteiger partial charge < -0.3 is 15.6 Å². The summed E-state index contributed by atoms with van der Waals surface area (Å²) in [4.78, 5) is 19.7. The summed E-state index contributed by atoms with van der Waals surface area (Å²) in [6.45, 7) is 1.85. The molecule has 1 heterocycles. The van der Waals surface area contributed by atoms with Crippen molar-refractivity contribution in [2.24, 2.45) is 0 Å². The van der Waals surface area contributed by atoms with Crippen LogP contribution in [0.2, 0.25) is 0 Å². The largest absolute Gasteiger partial charge is 0.418 e. The number of rotatable bonds is 5. The van der Waals surface area contributed by atoms with E-state index in [1.807, 2.05) is 37.3 Å². The fourth-order valence-electron chi connectivity index (χ4n) is 2.80. The SMILES string of the molecule is CCC(NC(=O)Nc1ccccc1C(F)(F)F)c1ncc(-c2ccccc2)[nH]1. The van der Waals surface area contributed by atoms with Gasteiger partial charge in [-0.2, -0.15) is 13.2 Å². The number of imidazole rings is 1. The molecule has 8 heteroatoms. The molecule has 5 nitrogen and oxygen atoms in total. The highest BCUT2D eigenvalue weighted by atomic mass is 19.4. The van der Waals surface area contributed by atoms with Crippen LogP contribution in [0.5, 0.6) is 0 Å². The Bertz CT molecular complexity index is 938. The van der Waals surface area contributed by atoms with Crippen LogP contribution in [0.4, 0.5) is 23.7 Å². The lowest BCUT2D eigenvalue weighted by atomic mass is 10.1. The van der Waals surface area contributed by atoms with Gasteiger partial charge in [0, 0.05) is 0 Å². The van der Waals surface area contributed by atoms with Crippen molar-refractivity contribution in [2.45, 2.75) is 25.6 Å². The van der Waals surface area contributed by atoms with E-state index >= 15 is 0 Å². The summed E-state index contributed by atoms with van der Waals surface area (Å²) >= 11 is 0. The first-order valence-corrected chi connectivity index (χ1v) is 8.72. The molecule has 0 saturated carbocycles. The van der Waals surface area contributed by atoms with Crippen molar-refractivity contribution in [3.05, 3.63) is 72.2 Å². The summed E-state index contributed by atoms with van der Waals surface area (Å²) in [5.74, 6) is 0.528. The van der Waals surface area contributed by atoms with E-state index in [4.69, 9.17) is 0 Å². The topological polar surface area (TPSA) is 69.8 Å². The first kappa shape index (κ1) is 19.5. The number of hydrogen-bond donors (Lipinski definition) is 3. The number of anilines is 1. The van der Waals surface area contributed by atoms with Crippen LogP contribution in [0.25, 0.3) is 11.3 Å². The molecular weight excluding hydrogens is 369 g/mol. The number of benzene rings is 2. The van der Waals surface area contributed by atoms with Gasteiger partial charge in [-0.15, -0.1) is 0 Å². The number of aromatic nitrogens is 2. The van der Waals surface area contributed by atoms with Crippen molar-refractivity contribution in [3.63, 3.8) is 0 Å². The highest BCUT2D eigenvalue weighted by molar-refractivity contribution is 5.90. The molecule has 3 N–H and O–H groups in total. The van der Waals surface area contributed by atoms with Crippen LogP contribution in [-0.2, 0) is 6.18 Å². The maximum Gasteiger partial charge on any atom is 0.418 e. The van der Waals surface area contributed by atoms with E-state index in [1.54, 1.807) is 6.20 Å². The molecule has 0 bridgehead atoms. The van der Waals surface area contributed by atoms with Crippen molar-refractivity contribution >= 4 is 11.7 Å². The summed E-state index contributed by atoms with van der Waals surface area (Å²) in [5, 5.41) is 4.94. The van der Waals surface area contributed by atoms with Crippen LogP contribution >= 0.6 is 0 Å². The smallest absolute Gasteiger partial charge is 0.340 e. The molecule has 0 aliphatic heterocycles. The zero-order valence-corrected chi connectivity index (χ0v) is 15.0. The fourth-order valence-corrected chi connectivity index (χ4v) is 2.80. The molecule has 0 fully saturated rings. The van der Waals surface area contributed by atoms with Gasteiger partial charge in [0.05, 0.1) is 29.2 Å². The van der Waals surface area contributed by atoms with Gasteiger partial charge in [0.15, 0.2) is 0 Å². The predicted molar refractivity (Wildman–Crippen MR) is 101 cm³/mol. The van der Waals surface area contributed by atoms with Crippen molar-refractivity contribution < 1.29 is 18.0 Å². The molecule has 0 aliphatic carbocycles. The highest BCUT2D eigenvalue weighted by Crippen LogP contribution is 2.34. The molecule has 3 rings (SSSR count). The molecule has 1 aromatic heterocycles. The number of carbonyl (C=O) groups excluding carboxylic acids is 1. The van der Waals surface area contributed by atoms with Crippen LogP contribution < -0.4 is 10.6 Å². The number of amides is 2. The molecule has 2 amide bonds. The standard InChI is InChI=1S/C20H19F3N4O/c1-2-15(18-24-12-17(25-18)13-8-4-3-5-9-13)26-19(28)27-16-11-7-6-10-14(16)20(21,22)23/h3-12,15H,2H2,1H3,(H,24,25)(H2,26,27,28). The number of nitrogens with one attached hydrogen (secondary N) is 3. The van der Waals surface area contributed by atoms with Gasteiger partial charge in [0.25, 0.3) is 0 Å². The number of H-pyrrole nitrogens is 1. The first-order chi connectivity index (χ1) is 13.4. The summed E-state index contributed by atoms with van der Waals surface area (Å²) in [6.07, 6.45) is -2.39. The number of para-hydroxylation sites is 1. The second-order valence-corrected chi connectivity index (χ2v) is 6.15. The minimum atomic E-state index is -4.56. The Balaban J connectivity index is 1.72. The molecule has 3 aromatic rings. The summed E-state index contributed by atoms with van der Waals surface area (Å²) in [5.41, 5.74) is 0.535. The van der Waals surface area contributed by atoms with Gasteiger partial charge in [-0.25, -0.2) is 9.78 Å². The van der Waals surface area contributed by atoms with E-state index in [0.29, 0.717) is 12.2 Å². The summed E-state index contributed by atoms with van der Waals surface area (Å²) in [6, 6.07) is 13.2. The predicted octanol–water partition coefficient (Wildman–Crippen LogP) is 5.37. The van der Waals surface area contributed by atoms with Gasteiger partial charge in [0.1, 0.15) is 5.82 Å². The molecule has 0 aliphatic rings. The van der Waals surface area contributed by atoms with Gasteiger partial charge in [-0.3, -0.25) is 0 Å². The van der Waals surface area contributed by atoms with Gasteiger partial charge in [-0.05, 0) is 24.1 Å². The Kier molecular flexibility index (Phi) is 5.67. The quantitative estimate of drug-likeness (QED) is 0.550. The maximum absolute atomic E-state index is 13.1. The zero-order valence-electron chi connectivity index (χ0n) is 15.0. The molecule has 0 saturated heterocycles. The number of carbonyl (C=O) groups is 1. The van der Waals surface area contributed by atoms with E-state index in [9.17, 15) is 18.0 Å². The molecular formula is C20H19F3N4O. The van der Waals surface area contributed by atoms with Crippen molar-refractivity contribution in [1.29, 1.82) is 0 Å². The van der Waals surface area contributed by atoms with Crippen LogP contribution in [-0.4, -0.2) is 16.0 Å². The average Bonchev–Trinajstić information content (AvgIpc) is 3.16. The minimum Gasteiger partial charge on any atom is -0.340 e. The number of urea groups is 1. The van der Waals surface area contributed by atoms with E-state index in [1.165, 1.54) is 18.2 Å². The average molecular weight is 388 g/mol. The monoisotopic (exact) mass is 388 g/mol. The van der Waals surface area contributed by atoms with Crippen molar-refractivity contribution in [3.8, 4) is 11.3 Å². The van der Waals surface area contributed by atoms with Crippen molar-refractivity contribution in [2.75, 3.05) is 5.32 Å². The second kappa shape index (κ2) is 8.16. The lowest BCUT2D eigenvalue weighted by Crippen LogP contribution is -2.33. The van der Waals surface area contributed by atoms with Gasteiger partial charge in [0.2, 0.25) is 0 Å². The Morgan fingerprint density at radius 3 is 2.46 bits per heavy atom. The van der Waals surface area contributed by atoms with E-state index in [2.05, 4.69) is 20.6 Å². The van der Waals surface area contributed by atoms with Gasteiger partial charge in [-0.1, -0.05) is 49.4 Å². The third kappa shape index (κ3) is 4.51.